The van der Waals surface area contributed by atoms with Gasteiger partial charge in [-0.2, -0.15) is 10.5 Å². The number of nitrogens with zero attached hydrogens (tertiary/aromatic N) is 7. The molecular weight excluding hydrogens is 649 g/mol. The first-order chi connectivity index (χ1) is 24.5. The number of aryl methyl sites for hydroxylation is 2. The summed E-state index contributed by atoms with van der Waals surface area (Å²) in [7, 11) is 6.84. The molecule has 4 aromatic rings. The minimum atomic E-state index is -1.10. The Balaban J connectivity index is 1.39. The summed E-state index contributed by atoms with van der Waals surface area (Å²) >= 11 is 0. The Morgan fingerprint density at radius 2 is 1.57 bits per heavy atom. The van der Waals surface area contributed by atoms with Crippen LogP contribution in [0.15, 0.2) is 60.7 Å². The van der Waals surface area contributed by atoms with Crippen molar-refractivity contribution in [3.63, 3.8) is 0 Å². The standard InChI is InChI=1S/C38H40FN9O3/c1-46(2)35(50)25-9-13-30-23(15-25)5-6-24-16-26(36(51)47(3)4)10-14-31(24)38(30,37-42-44-45-43-37)19-32(22-7-11-28(39)12-8-22)41-21-34(49)48-29(20-40)17-27-18-33(27)48/h7-16,27,29,32-33,41H,5-6,17-19,21H2,1-4H3,(H,42,43,44,45)/t27-,29?,32+,33+/m1/s1. The van der Waals surface area contributed by atoms with Gasteiger partial charge in [0.1, 0.15) is 11.9 Å². The normalized spacial score (nSPS) is 20.2. The third-order valence-electron chi connectivity index (χ3n) is 10.7. The zero-order valence-corrected chi connectivity index (χ0v) is 29.1. The molecule has 0 bridgehead atoms. The first kappa shape index (κ1) is 34.0. The number of aromatic amines is 1. The van der Waals surface area contributed by atoms with Crippen LogP contribution in [-0.2, 0) is 23.1 Å². The van der Waals surface area contributed by atoms with Gasteiger partial charge < -0.3 is 20.0 Å². The van der Waals surface area contributed by atoms with Gasteiger partial charge in [0, 0.05) is 51.4 Å². The summed E-state index contributed by atoms with van der Waals surface area (Å²) in [6.07, 6.45) is 3.00. The molecule has 12 nitrogen and oxygen atoms in total. The van der Waals surface area contributed by atoms with Crippen molar-refractivity contribution in [3.8, 4) is 6.07 Å². The van der Waals surface area contributed by atoms with Gasteiger partial charge in [-0.15, -0.1) is 10.2 Å². The Morgan fingerprint density at radius 3 is 2.10 bits per heavy atom. The number of rotatable bonds is 9. The third-order valence-corrected chi connectivity index (χ3v) is 10.7. The number of likely N-dealkylation sites (tertiary alicyclic amines) is 1. The molecule has 51 heavy (non-hydrogen) atoms. The largest absolute Gasteiger partial charge is 0.345 e. The molecule has 4 atom stereocenters. The summed E-state index contributed by atoms with van der Waals surface area (Å²) in [5, 5.41) is 29.1. The van der Waals surface area contributed by atoms with E-state index in [1.54, 1.807) is 57.4 Å². The average molecular weight is 690 g/mol. The Morgan fingerprint density at radius 1 is 0.961 bits per heavy atom. The van der Waals surface area contributed by atoms with Crippen molar-refractivity contribution in [2.24, 2.45) is 5.92 Å². The van der Waals surface area contributed by atoms with Crippen LogP contribution >= 0.6 is 0 Å². The monoisotopic (exact) mass is 689 g/mol. The molecule has 3 aliphatic rings. The highest BCUT2D eigenvalue weighted by molar-refractivity contribution is 5.95. The van der Waals surface area contributed by atoms with Crippen molar-refractivity contribution in [2.45, 2.75) is 55.6 Å². The molecule has 2 heterocycles. The van der Waals surface area contributed by atoms with E-state index < -0.39 is 23.3 Å². The number of nitriles is 1. The van der Waals surface area contributed by atoms with Crippen LogP contribution in [0.2, 0.25) is 0 Å². The fraction of sp³-hybridized carbons (Fsp3) is 0.395. The first-order valence-corrected chi connectivity index (χ1v) is 17.2. The predicted octanol–water partition coefficient (Wildman–Crippen LogP) is 3.41. The SMILES string of the molecule is CN(C)C(=O)c1ccc2c(c1)CCc1cc(C(=O)N(C)C)ccc1C2(C[C@H](NCC(=O)N1C(C#N)C[C@@H]2C[C@@H]21)c1ccc(F)cc1)c1nn[nH]n1. The number of piperidine rings is 1. The molecule has 262 valence electrons. The second kappa shape index (κ2) is 13.3. The molecule has 1 saturated heterocycles. The van der Waals surface area contributed by atoms with Gasteiger partial charge in [-0.25, -0.2) is 4.39 Å². The van der Waals surface area contributed by atoms with Gasteiger partial charge in [-0.3, -0.25) is 14.4 Å². The zero-order valence-electron chi connectivity index (χ0n) is 29.1. The van der Waals surface area contributed by atoms with Crippen LogP contribution < -0.4 is 5.32 Å². The number of halogens is 1. The van der Waals surface area contributed by atoms with Crippen LogP contribution in [0, 0.1) is 23.1 Å². The quantitative estimate of drug-likeness (QED) is 0.272. The maximum absolute atomic E-state index is 14.3. The van der Waals surface area contributed by atoms with Gasteiger partial charge in [0.25, 0.3) is 11.8 Å². The number of benzene rings is 3. The second-order valence-electron chi connectivity index (χ2n) is 14.2. The van der Waals surface area contributed by atoms with E-state index in [4.69, 9.17) is 0 Å². The lowest BCUT2D eigenvalue weighted by molar-refractivity contribution is -0.131. The maximum Gasteiger partial charge on any atom is 0.253 e. The number of H-pyrrole nitrogens is 1. The van der Waals surface area contributed by atoms with E-state index >= 15 is 0 Å². The van der Waals surface area contributed by atoms with Crippen LogP contribution in [0.3, 0.4) is 0 Å². The highest BCUT2D eigenvalue weighted by Crippen LogP contribution is 2.50. The van der Waals surface area contributed by atoms with Gasteiger partial charge in [0.2, 0.25) is 5.91 Å². The summed E-state index contributed by atoms with van der Waals surface area (Å²) in [6.45, 7) is -0.0436. The number of amides is 3. The number of tetrazole rings is 1. The number of fused-ring (bicyclic) bond motifs is 3. The molecule has 2 aliphatic carbocycles. The summed E-state index contributed by atoms with van der Waals surface area (Å²) in [6, 6.07) is 18.9. The highest BCUT2D eigenvalue weighted by atomic mass is 19.1. The van der Waals surface area contributed by atoms with Crippen molar-refractivity contribution in [3.05, 3.63) is 111 Å². The molecule has 2 fully saturated rings. The van der Waals surface area contributed by atoms with E-state index in [0.717, 1.165) is 34.2 Å². The van der Waals surface area contributed by atoms with E-state index in [1.807, 2.05) is 24.3 Å². The van der Waals surface area contributed by atoms with Crippen molar-refractivity contribution in [2.75, 3.05) is 34.7 Å². The zero-order chi connectivity index (χ0) is 36.0. The van der Waals surface area contributed by atoms with Gasteiger partial charge >= 0.3 is 0 Å². The topological polar surface area (TPSA) is 151 Å². The maximum atomic E-state index is 14.3. The molecule has 3 amide bonds. The first-order valence-electron chi connectivity index (χ1n) is 17.2. The molecule has 0 radical (unpaired) electrons. The number of aromatic nitrogens is 4. The molecule has 13 heteroatoms. The Hall–Kier alpha value is -5.48. The summed E-state index contributed by atoms with van der Waals surface area (Å²) < 4.78 is 14.3. The summed E-state index contributed by atoms with van der Waals surface area (Å²) in [5.74, 6) is -0.0769. The lowest BCUT2D eigenvalue weighted by Crippen LogP contribution is -2.45. The molecular formula is C38H40FN9O3. The Kier molecular flexibility index (Phi) is 8.89. The van der Waals surface area contributed by atoms with Crippen molar-refractivity contribution in [1.29, 1.82) is 5.26 Å². The van der Waals surface area contributed by atoms with Crippen LogP contribution in [-0.4, -0.2) is 99.9 Å². The number of nitrogens with one attached hydrogen (secondary N) is 2. The lowest BCUT2D eigenvalue weighted by atomic mass is 9.67. The number of carbonyl (C=O) groups excluding carboxylic acids is 3. The van der Waals surface area contributed by atoms with Crippen molar-refractivity contribution < 1.29 is 18.8 Å². The molecule has 3 aromatic carbocycles. The third kappa shape index (κ3) is 6.14. The fourth-order valence-corrected chi connectivity index (χ4v) is 8.07. The fourth-order valence-electron chi connectivity index (χ4n) is 8.07. The van der Waals surface area contributed by atoms with E-state index in [1.165, 1.54) is 21.9 Å². The minimum Gasteiger partial charge on any atom is -0.345 e. The van der Waals surface area contributed by atoms with Crippen molar-refractivity contribution >= 4 is 17.7 Å². The van der Waals surface area contributed by atoms with E-state index in [0.29, 0.717) is 42.1 Å². The van der Waals surface area contributed by atoms with Gasteiger partial charge in [0.15, 0.2) is 5.82 Å². The Bertz CT molecular complexity index is 1950. The average Bonchev–Trinajstić information content (AvgIpc) is 3.51. The molecule has 1 unspecified atom stereocenters. The van der Waals surface area contributed by atoms with Crippen LogP contribution in [0.1, 0.15) is 79.7 Å². The van der Waals surface area contributed by atoms with Crippen molar-refractivity contribution in [1.82, 2.24) is 40.6 Å². The second-order valence-corrected chi connectivity index (χ2v) is 14.2. The number of carbonyl (C=O) groups is 3. The summed E-state index contributed by atoms with van der Waals surface area (Å²) in [4.78, 5) is 44.9. The number of hydrogen-bond donors (Lipinski definition) is 2. The molecule has 1 aliphatic heterocycles. The molecule has 0 spiro atoms. The predicted molar refractivity (Wildman–Crippen MR) is 185 cm³/mol. The minimum absolute atomic E-state index is 0.0436. The Labute approximate surface area is 295 Å². The van der Waals surface area contributed by atoms with Gasteiger partial charge in [-0.1, -0.05) is 29.5 Å². The smallest absolute Gasteiger partial charge is 0.253 e. The van der Waals surface area contributed by atoms with Crippen LogP contribution in [0.4, 0.5) is 4.39 Å². The summed E-state index contributed by atoms with van der Waals surface area (Å²) in [5.41, 5.74) is 4.23. The molecule has 1 aromatic heterocycles. The molecule has 2 N–H and O–H groups in total. The number of hydrogen-bond acceptors (Lipinski definition) is 8. The van der Waals surface area contributed by atoms with Gasteiger partial charge in [0.05, 0.1) is 18.0 Å². The van der Waals surface area contributed by atoms with E-state index in [2.05, 4.69) is 32.0 Å². The van der Waals surface area contributed by atoms with E-state index in [-0.39, 0.29) is 36.7 Å². The van der Waals surface area contributed by atoms with Gasteiger partial charge in [-0.05, 0) is 102 Å². The highest BCUT2D eigenvalue weighted by Gasteiger charge is 2.54. The molecule has 1 saturated carbocycles. The van der Waals surface area contributed by atoms with E-state index in [9.17, 15) is 24.0 Å². The lowest BCUT2D eigenvalue weighted by Gasteiger charge is -2.37. The van der Waals surface area contributed by atoms with Crippen LogP contribution in [0.5, 0.6) is 0 Å². The van der Waals surface area contributed by atoms with Crippen LogP contribution in [0.25, 0.3) is 0 Å². The molecule has 7 rings (SSSR count).